The molecule has 0 saturated heterocycles. The molecule has 1 heterocycles. The highest BCUT2D eigenvalue weighted by molar-refractivity contribution is 5.76. The molecule has 4 aliphatic rings. The van der Waals surface area contributed by atoms with Crippen LogP contribution in [-0.4, -0.2) is 21.0 Å². The van der Waals surface area contributed by atoms with Crippen LogP contribution in [0, 0.1) is 31.6 Å². The van der Waals surface area contributed by atoms with Crippen molar-refractivity contribution in [3.8, 4) is 0 Å². The summed E-state index contributed by atoms with van der Waals surface area (Å²) in [5, 5.41) is 3.38. The van der Waals surface area contributed by atoms with Gasteiger partial charge in [0.15, 0.2) is 0 Å². The number of aromatic nitrogens is 2. The molecule has 4 fully saturated rings. The molecule has 4 bridgehead atoms. The van der Waals surface area contributed by atoms with Crippen molar-refractivity contribution in [3.05, 3.63) is 21.9 Å². The van der Waals surface area contributed by atoms with E-state index in [9.17, 15) is 9.59 Å². The SMILES string of the molecule is Cc1[nH]c(=O)n(CCC(=O)NC23CC4CC(CC(C4)C2)C3)c1C. The van der Waals surface area contributed by atoms with E-state index in [0.717, 1.165) is 29.1 Å². The van der Waals surface area contributed by atoms with Crippen LogP contribution < -0.4 is 11.0 Å². The lowest BCUT2D eigenvalue weighted by Crippen LogP contribution is -2.59. The number of hydrogen-bond acceptors (Lipinski definition) is 2. The Labute approximate surface area is 136 Å². The minimum atomic E-state index is -0.109. The molecule has 1 aromatic heterocycles. The first kappa shape index (κ1) is 15.0. The average molecular weight is 317 g/mol. The van der Waals surface area contributed by atoms with Crippen molar-refractivity contribution in [2.75, 3.05) is 0 Å². The molecule has 0 spiro atoms. The predicted octanol–water partition coefficient (Wildman–Crippen LogP) is 2.27. The number of nitrogens with zero attached hydrogens (tertiary/aromatic N) is 1. The summed E-state index contributed by atoms with van der Waals surface area (Å²) in [6.45, 7) is 4.28. The first-order valence-electron chi connectivity index (χ1n) is 9.01. The van der Waals surface area contributed by atoms with Gasteiger partial charge in [-0.1, -0.05) is 0 Å². The van der Waals surface area contributed by atoms with Crippen molar-refractivity contribution in [1.29, 1.82) is 0 Å². The van der Waals surface area contributed by atoms with E-state index < -0.39 is 0 Å². The first-order valence-corrected chi connectivity index (χ1v) is 9.01. The van der Waals surface area contributed by atoms with Crippen LogP contribution in [0.25, 0.3) is 0 Å². The Bertz CT molecular complexity index is 650. The second kappa shape index (κ2) is 5.25. The second-order valence-corrected chi connectivity index (χ2v) is 8.29. The van der Waals surface area contributed by atoms with E-state index in [1.165, 1.54) is 38.5 Å². The second-order valence-electron chi connectivity index (χ2n) is 8.29. The largest absolute Gasteiger partial charge is 0.351 e. The Hall–Kier alpha value is -1.52. The Morgan fingerprint density at radius 2 is 1.74 bits per heavy atom. The van der Waals surface area contributed by atoms with Crippen molar-refractivity contribution < 1.29 is 4.79 Å². The fraction of sp³-hybridized carbons (Fsp3) is 0.778. The molecule has 0 radical (unpaired) electrons. The summed E-state index contributed by atoms with van der Waals surface area (Å²) < 4.78 is 1.68. The average Bonchev–Trinajstić information content (AvgIpc) is 2.68. The van der Waals surface area contributed by atoms with Gasteiger partial charge in [-0.3, -0.25) is 9.36 Å². The monoisotopic (exact) mass is 317 g/mol. The minimum absolute atomic E-state index is 0.0693. The molecular weight excluding hydrogens is 290 g/mol. The third-order valence-electron chi connectivity index (χ3n) is 6.49. The summed E-state index contributed by atoms with van der Waals surface area (Å²) in [6.07, 6.45) is 8.05. The molecule has 1 aromatic rings. The van der Waals surface area contributed by atoms with E-state index in [1.54, 1.807) is 4.57 Å². The van der Waals surface area contributed by atoms with Gasteiger partial charge in [0.1, 0.15) is 0 Å². The molecule has 0 unspecified atom stereocenters. The number of hydrogen-bond donors (Lipinski definition) is 2. The van der Waals surface area contributed by atoms with Crippen LogP contribution in [0.15, 0.2) is 4.79 Å². The lowest BCUT2D eigenvalue weighted by molar-refractivity contribution is -0.127. The molecule has 1 amide bonds. The van der Waals surface area contributed by atoms with E-state index in [0.29, 0.717) is 13.0 Å². The quantitative estimate of drug-likeness (QED) is 0.894. The number of carbonyl (C=O) groups is 1. The summed E-state index contributed by atoms with van der Waals surface area (Å²) in [4.78, 5) is 27.2. The standard InChI is InChI=1S/C18H27N3O2/c1-11-12(2)21(17(23)19-11)4-3-16(22)20-18-8-13-5-14(9-18)7-15(6-13)10-18/h13-15H,3-10H2,1-2H3,(H,19,23)(H,20,22). The van der Waals surface area contributed by atoms with Crippen LogP contribution in [-0.2, 0) is 11.3 Å². The molecule has 5 rings (SSSR count). The van der Waals surface area contributed by atoms with Gasteiger partial charge in [0.25, 0.3) is 0 Å². The van der Waals surface area contributed by atoms with Crippen molar-refractivity contribution in [2.24, 2.45) is 17.8 Å². The Morgan fingerprint density at radius 3 is 2.22 bits per heavy atom. The number of aromatic amines is 1. The number of carbonyl (C=O) groups excluding carboxylic acids is 1. The molecule has 5 heteroatoms. The van der Waals surface area contributed by atoms with Crippen molar-refractivity contribution in [2.45, 2.75) is 70.9 Å². The number of amides is 1. The van der Waals surface area contributed by atoms with E-state index >= 15 is 0 Å². The zero-order valence-corrected chi connectivity index (χ0v) is 14.2. The first-order chi connectivity index (χ1) is 10.9. The van der Waals surface area contributed by atoms with E-state index in [2.05, 4.69) is 10.3 Å². The normalized spacial score (nSPS) is 34.8. The summed E-state index contributed by atoms with van der Waals surface area (Å²) in [5.74, 6) is 2.60. The Morgan fingerprint density at radius 1 is 1.17 bits per heavy atom. The highest BCUT2D eigenvalue weighted by atomic mass is 16.2. The van der Waals surface area contributed by atoms with Crippen molar-refractivity contribution in [1.82, 2.24) is 14.9 Å². The molecule has 4 saturated carbocycles. The molecule has 0 atom stereocenters. The molecule has 0 aromatic carbocycles. The van der Waals surface area contributed by atoms with Crippen LogP contribution in [0.3, 0.4) is 0 Å². The van der Waals surface area contributed by atoms with Crippen LogP contribution >= 0.6 is 0 Å². The highest BCUT2D eigenvalue weighted by Crippen LogP contribution is 2.55. The third kappa shape index (κ3) is 2.64. The summed E-state index contributed by atoms with van der Waals surface area (Å²) in [7, 11) is 0. The van der Waals surface area contributed by atoms with Crippen LogP contribution in [0.5, 0.6) is 0 Å². The summed E-state index contributed by atoms with van der Waals surface area (Å²) in [6, 6.07) is 0. The van der Waals surface area contributed by atoms with Gasteiger partial charge in [0, 0.05) is 29.9 Å². The molecular formula is C18H27N3O2. The fourth-order valence-corrected chi connectivity index (χ4v) is 5.78. The van der Waals surface area contributed by atoms with Gasteiger partial charge in [0.05, 0.1) is 0 Å². The third-order valence-corrected chi connectivity index (χ3v) is 6.49. The molecule has 126 valence electrons. The molecule has 2 N–H and O–H groups in total. The Balaban J connectivity index is 1.40. The molecule has 0 aliphatic heterocycles. The van der Waals surface area contributed by atoms with Crippen LogP contribution in [0.1, 0.15) is 56.3 Å². The zero-order chi connectivity index (χ0) is 16.2. The van der Waals surface area contributed by atoms with Gasteiger partial charge >= 0.3 is 5.69 Å². The van der Waals surface area contributed by atoms with Gasteiger partial charge in [-0.15, -0.1) is 0 Å². The van der Waals surface area contributed by atoms with E-state index in [4.69, 9.17) is 0 Å². The van der Waals surface area contributed by atoms with E-state index in [-0.39, 0.29) is 17.1 Å². The minimum Gasteiger partial charge on any atom is -0.351 e. The number of nitrogens with one attached hydrogen (secondary N) is 2. The highest BCUT2D eigenvalue weighted by Gasteiger charge is 2.51. The van der Waals surface area contributed by atoms with Gasteiger partial charge in [-0.25, -0.2) is 4.79 Å². The number of rotatable bonds is 4. The van der Waals surface area contributed by atoms with Gasteiger partial charge < -0.3 is 10.3 Å². The predicted molar refractivity (Wildman–Crippen MR) is 88.2 cm³/mol. The maximum absolute atomic E-state index is 12.5. The van der Waals surface area contributed by atoms with Crippen molar-refractivity contribution in [3.63, 3.8) is 0 Å². The molecule has 5 nitrogen and oxygen atoms in total. The summed E-state index contributed by atoms with van der Waals surface area (Å²) in [5.41, 5.74) is 1.77. The van der Waals surface area contributed by atoms with Gasteiger partial charge in [-0.05, 0) is 70.1 Å². The van der Waals surface area contributed by atoms with Gasteiger partial charge in [0.2, 0.25) is 5.91 Å². The number of H-pyrrole nitrogens is 1. The smallest absolute Gasteiger partial charge is 0.325 e. The summed E-state index contributed by atoms with van der Waals surface area (Å²) >= 11 is 0. The van der Waals surface area contributed by atoms with Crippen LogP contribution in [0.4, 0.5) is 0 Å². The molecule has 4 aliphatic carbocycles. The van der Waals surface area contributed by atoms with E-state index in [1.807, 2.05) is 13.8 Å². The lowest BCUT2D eigenvalue weighted by atomic mass is 9.53. The maximum atomic E-state index is 12.5. The molecule has 23 heavy (non-hydrogen) atoms. The van der Waals surface area contributed by atoms with Crippen molar-refractivity contribution >= 4 is 5.91 Å². The topological polar surface area (TPSA) is 66.9 Å². The fourth-order valence-electron chi connectivity index (χ4n) is 5.78. The number of imidazole rings is 1. The van der Waals surface area contributed by atoms with Gasteiger partial charge in [-0.2, -0.15) is 0 Å². The lowest BCUT2D eigenvalue weighted by Gasteiger charge is -2.56. The maximum Gasteiger partial charge on any atom is 0.325 e. The van der Waals surface area contributed by atoms with Crippen LogP contribution in [0.2, 0.25) is 0 Å². The Kier molecular flexibility index (Phi) is 3.43. The number of aryl methyl sites for hydroxylation is 1. The zero-order valence-electron chi connectivity index (χ0n) is 14.2.